The fraction of sp³-hybridized carbons (Fsp3) is 0.333. The molecule has 2 N–H and O–H groups in total. The fourth-order valence-corrected chi connectivity index (χ4v) is 2.95. The van der Waals surface area contributed by atoms with Gasteiger partial charge in [0.15, 0.2) is 0 Å². The molecule has 0 radical (unpaired) electrons. The molecule has 0 aliphatic carbocycles. The molecule has 2 aromatic rings. The van der Waals surface area contributed by atoms with Gasteiger partial charge in [0, 0.05) is 32.2 Å². The van der Waals surface area contributed by atoms with E-state index in [0.29, 0.717) is 6.54 Å². The molecule has 1 saturated heterocycles. The van der Waals surface area contributed by atoms with Crippen LogP contribution in [0, 0.1) is 0 Å². The second kappa shape index (κ2) is 6.85. The minimum absolute atomic E-state index is 0.172. The Morgan fingerprint density at radius 3 is 1.81 bits per heavy atom. The third kappa shape index (κ3) is 3.70. The van der Waals surface area contributed by atoms with Gasteiger partial charge in [0.2, 0.25) is 0 Å². The molecular formula is C18H22N2O. The van der Waals surface area contributed by atoms with E-state index in [0.717, 1.165) is 19.6 Å². The smallest absolute Gasteiger partial charge is 0.0832 e. The molecule has 0 amide bonds. The Balaban J connectivity index is 1.77. The second-order valence-corrected chi connectivity index (χ2v) is 5.67. The highest BCUT2D eigenvalue weighted by molar-refractivity contribution is 5.17. The van der Waals surface area contributed by atoms with Gasteiger partial charge >= 0.3 is 0 Å². The van der Waals surface area contributed by atoms with Crippen LogP contribution >= 0.6 is 0 Å². The normalized spacial score (nSPS) is 21.8. The maximum atomic E-state index is 10.2. The topological polar surface area (TPSA) is 35.5 Å². The summed E-state index contributed by atoms with van der Waals surface area (Å²) in [5.41, 5.74) is 2.57. The van der Waals surface area contributed by atoms with Crippen LogP contribution in [0.2, 0.25) is 0 Å². The molecule has 110 valence electrons. The third-order valence-electron chi connectivity index (χ3n) is 4.08. The van der Waals surface area contributed by atoms with E-state index in [2.05, 4.69) is 58.7 Å². The lowest BCUT2D eigenvalue weighted by Crippen LogP contribution is -2.42. The number of hydrogen-bond acceptors (Lipinski definition) is 3. The third-order valence-corrected chi connectivity index (χ3v) is 4.08. The summed E-state index contributed by atoms with van der Waals surface area (Å²) in [6, 6.07) is 21.1. The molecule has 2 unspecified atom stereocenters. The molecular weight excluding hydrogens is 260 g/mol. The molecule has 3 rings (SSSR count). The van der Waals surface area contributed by atoms with Crippen molar-refractivity contribution >= 4 is 0 Å². The van der Waals surface area contributed by atoms with Crippen molar-refractivity contribution < 1.29 is 5.11 Å². The zero-order chi connectivity index (χ0) is 14.5. The first-order chi connectivity index (χ1) is 10.3. The summed E-state index contributed by atoms with van der Waals surface area (Å²) in [5.74, 6) is 0. The first-order valence-electron chi connectivity index (χ1n) is 7.53. The molecule has 1 aliphatic heterocycles. The highest BCUT2D eigenvalue weighted by Crippen LogP contribution is 2.17. The predicted octanol–water partition coefficient (Wildman–Crippen LogP) is 2.02. The average molecular weight is 282 g/mol. The predicted molar refractivity (Wildman–Crippen MR) is 84.8 cm³/mol. The van der Waals surface area contributed by atoms with Crippen molar-refractivity contribution in [2.75, 3.05) is 13.1 Å². The molecule has 0 saturated carbocycles. The van der Waals surface area contributed by atoms with E-state index in [-0.39, 0.29) is 12.1 Å². The Kier molecular flexibility index (Phi) is 4.65. The van der Waals surface area contributed by atoms with E-state index in [4.69, 9.17) is 0 Å². The van der Waals surface area contributed by atoms with Gasteiger partial charge in [-0.25, -0.2) is 0 Å². The number of rotatable bonds is 5. The molecule has 1 fully saturated rings. The van der Waals surface area contributed by atoms with Crippen molar-refractivity contribution in [2.24, 2.45) is 0 Å². The second-order valence-electron chi connectivity index (χ2n) is 5.67. The van der Waals surface area contributed by atoms with Crippen molar-refractivity contribution in [3.05, 3.63) is 71.8 Å². The van der Waals surface area contributed by atoms with Crippen LogP contribution in [0.3, 0.4) is 0 Å². The molecule has 0 aromatic heterocycles. The number of β-amino-alcohol motifs (C(OH)–C–C–N with tert-alkyl or cyclic N) is 1. The summed E-state index contributed by atoms with van der Waals surface area (Å²) in [7, 11) is 0. The van der Waals surface area contributed by atoms with E-state index >= 15 is 0 Å². The lowest BCUT2D eigenvalue weighted by molar-refractivity contribution is 0.0730. The largest absolute Gasteiger partial charge is 0.390 e. The van der Waals surface area contributed by atoms with Gasteiger partial charge in [0.25, 0.3) is 0 Å². The highest BCUT2D eigenvalue weighted by atomic mass is 16.3. The molecule has 21 heavy (non-hydrogen) atoms. The van der Waals surface area contributed by atoms with E-state index in [1.807, 2.05) is 12.1 Å². The van der Waals surface area contributed by atoms with Gasteiger partial charge < -0.3 is 10.4 Å². The molecule has 2 atom stereocenters. The number of benzene rings is 2. The summed E-state index contributed by atoms with van der Waals surface area (Å²) >= 11 is 0. The van der Waals surface area contributed by atoms with E-state index in [1.54, 1.807) is 0 Å². The first kappa shape index (κ1) is 14.3. The fourth-order valence-electron chi connectivity index (χ4n) is 2.95. The molecule has 3 nitrogen and oxygen atoms in total. The van der Waals surface area contributed by atoms with E-state index < -0.39 is 0 Å². The molecule has 2 aromatic carbocycles. The van der Waals surface area contributed by atoms with Crippen LogP contribution < -0.4 is 5.32 Å². The van der Waals surface area contributed by atoms with Gasteiger partial charge in [0.1, 0.15) is 0 Å². The van der Waals surface area contributed by atoms with Gasteiger partial charge in [-0.1, -0.05) is 60.7 Å². The summed E-state index contributed by atoms with van der Waals surface area (Å²) in [4.78, 5) is 2.37. The summed E-state index contributed by atoms with van der Waals surface area (Å²) in [5, 5.41) is 13.5. The van der Waals surface area contributed by atoms with Gasteiger partial charge in [-0.05, 0) is 11.1 Å². The van der Waals surface area contributed by atoms with Gasteiger partial charge in [-0.3, -0.25) is 4.90 Å². The van der Waals surface area contributed by atoms with Crippen LogP contribution in [0.1, 0.15) is 11.1 Å². The quantitative estimate of drug-likeness (QED) is 0.881. The zero-order valence-corrected chi connectivity index (χ0v) is 12.2. The van der Waals surface area contributed by atoms with Crippen LogP contribution in [0.5, 0.6) is 0 Å². The monoisotopic (exact) mass is 282 g/mol. The van der Waals surface area contributed by atoms with Crippen LogP contribution in [0.4, 0.5) is 0 Å². The Bertz CT molecular complexity index is 502. The number of aliphatic hydroxyl groups is 1. The van der Waals surface area contributed by atoms with Gasteiger partial charge in [-0.15, -0.1) is 0 Å². The lowest BCUT2D eigenvalue weighted by atomic mass is 10.1. The van der Waals surface area contributed by atoms with Crippen molar-refractivity contribution in [2.45, 2.75) is 25.2 Å². The summed E-state index contributed by atoms with van der Waals surface area (Å²) in [6.07, 6.45) is -0.294. The van der Waals surface area contributed by atoms with E-state index in [1.165, 1.54) is 11.1 Å². The molecule has 1 heterocycles. The number of aliphatic hydroxyl groups excluding tert-OH is 1. The highest BCUT2D eigenvalue weighted by Gasteiger charge is 2.30. The van der Waals surface area contributed by atoms with Crippen molar-refractivity contribution in [1.29, 1.82) is 0 Å². The number of nitrogens with zero attached hydrogens (tertiary/aromatic N) is 1. The van der Waals surface area contributed by atoms with Crippen molar-refractivity contribution in [3.63, 3.8) is 0 Å². The standard InChI is InChI=1S/C18H22N2O/c21-18-12-19-11-17(18)20(13-15-7-3-1-4-8-15)14-16-9-5-2-6-10-16/h1-10,17-19,21H,11-14H2. The zero-order valence-electron chi connectivity index (χ0n) is 12.2. The van der Waals surface area contributed by atoms with Crippen molar-refractivity contribution in [3.8, 4) is 0 Å². The first-order valence-corrected chi connectivity index (χ1v) is 7.53. The molecule has 0 spiro atoms. The molecule has 0 bridgehead atoms. The Hall–Kier alpha value is -1.68. The van der Waals surface area contributed by atoms with Gasteiger partial charge in [0.05, 0.1) is 6.10 Å². The SMILES string of the molecule is OC1CNCC1N(Cc1ccccc1)Cc1ccccc1. The van der Waals surface area contributed by atoms with Crippen molar-refractivity contribution in [1.82, 2.24) is 10.2 Å². The lowest BCUT2D eigenvalue weighted by Gasteiger charge is -2.30. The number of nitrogens with one attached hydrogen (secondary N) is 1. The average Bonchev–Trinajstić information content (AvgIpc) is 2.95. The maximum Gasteiger partial charge on any atom is 0.0832 e. The van der Waals surface area contributed by atoms with Crippen LogP contribution in [0.15, 0.2) is 60.7 Å². The van der Waals surface area contributed by atoms with Crippen LogP contribution in [0.25, 0.3) is 0 Å². The van der Waals surface area contributed by atoms with E-state index in [9.17, 15) is 5.11 Å². The summed E-state index contributed by atoms with van der Waals surface area (Å²) < 4.78 is 0. The van der Waals surface area contributed by atoms with Crippen LogP contribution in [-0.2, 0) is 13.1 Å². The minimum atomic E-state index is -0.294. The van der Waals surface area contributed by atoms with Crippen LogP contribution in [-0.4, -0.2) is 35.2 Å². The minimum Gasteiger partial charge on any atom is -0.390 e. The Labute approximate surface area is 126 Å². The maximum absolute atomic E-state index is 10.2. The molecule has 1 aliphatic rings. The van der Waals surface area contributed by atoms with Gasteiger partial charge in [-0.2, -0.15) is 0 Å². The summed E-state index contributed by atoms with van der Waals surface area (Å²) in [6.45, 7) is 3.25. The Morgan fingerprint density at radius 2 is 1.38 bits per heavy atom. The Morgan fingerprint density at radius 1 is 0.857 bits per heavy atom. The number of hydrogen-bond donors (Lipinski definition) is 2. The molecule has 3 heteroatoms.